The maximum atomic E-state index is 0. The van der Waals surface area contributed by atoms with E-state index >= 15 is 0 Å². The molecule has 0 fully saturated rings. The molecule has 0 aliphatic carbocycles. The molecule has 0 heterocycles. The largest absolute Gasteiger partial charge is 4.00 e. The molecule has 0 aromatic rings. The SMILES string of the molecule is [Ce+3].[Ni+2].[O-2].[Zr+4]. The van der Waals surface area contributed by atoms with Gasteiger partial charge in [0.25, 0.3) is 0 Å². The number of hydrogen-bond donors (Lipinski definition) is 0. The topological polar surface area (TPSA) is 28.5 Å². The molecule has 4 heavy (non-hydrogen) atoms. The van der Waals surface area contributed by atoms with Crippen molar-refractivity contribution in [3.8, 4) is 0 Å². The van der Waals surface area contributed by atoms with Crippen molar-refractivity contribution in [2.45, 2.75) is 0 Å². The quantitative estimate of drug-likeness (QED) is 0.558. The molecule has 0 atom stereocenters. The van der Waals surface area contributed by atoms with Gasteiger partial charge in [-0.05, 0) is 0 Å². The molecular formula is CeNiOZr+7. The summed E-state index contributed by atoms with van der Waals surface area (Å²) in [5.74, 6) is 0. The van der Waals surface area contributed by atoms with Crippen molar-refractivity contribution in [3.05, 3.63) is 0 Å². The zero-order valence-electron chi connectivity index (χ0n) is 1.72. The Bertz CT molecular complexity index is 8.00. The number of rotatable bonds is 0. The molecule has 0 bridgehead atoms. The summed E-state index contributed by atoms with van der Waals surface area (Å²) in [6.07, 6.45) is 0. The standard InChI is InChI=1S/Ce.Ni.O.Zr/q+3;+2;-2;+4. The van der Waals surface area contributed by atoms with Crippen LogP contribution in [0.4, 0.5) is 0 Å². The fraction of sp³-hybridized carbons (Fsp3) is 0. The first kappa shape index (κ1) is 29.8. The molecule has 0 aromatic heterocycles. The van der Waals surface area contributed by atoms with Gasteiger partial charge in [0.1, 0.15) is 0 Å². The second-order valence-corrected chi connectivity index (χ2v) is 0. The summed E-state index contributed by atoms with van der Waals surface area (Å²) < 4.78 is 0. The zero-order valence-corrected chi connectivity index (χ0v) is 8.31. The smallest absolute Gasteiger partial charge is 2.00 e. The van der Waals surface area contributed by atoms with E-state index in [2.05, 4.69) is 0 Å². The first-order valence-corrected chi connectivity index (χ1v) is 0. The third-order valence-corrected chi connectivity index (χ3v) is 0. The monoisotopic (exact) mass is 304 g/mol. The van der Waals surface area contributed by atoms with Gasteiger partial charge in [0.2, 0.25) is 0 Å². The molecule has 4 heteroatoms. The van der Waals surface area contributed by atoms with Crippen LogP contribution in [0.15, 0.2) is 0 Å². The van der Waals surface area contributed by atoms with Crippen molar-refractivity contribution in [2.24, 2.45) is 0 Å². The molecule has 0 spiro atoms. The normalized spacial score (nSPS) is 0. The van der Waals surface area contributed by atoms with E-state index in [1.54, 1.807) is 0 Å². The van der Waals surface area contributed by atoms with Crippen molar-refractivity contribution in [1.29, 1.82) is 0 Å². The van der Waals surface area contributed by atoms with E-state index in [-0.39, 0.29) is 89.9 Å². The van der Waals surface area contributed by atoms with Crippen LogP contribution >= 0.6 is 0 Å². The summed E-state index contributed by atoms with van der Waals surface area (Å²) in [5, 5.41) is 0. The molecule has 0 aliphatic rings. The maximum Gasteiger partial charge on any atom is 4.00 e. The van der Waals surface area contributed by atoms with Gasteiger partial charge in [0.05, 0.1) is 0 Å². The van der Waals surface area contributed by atoms with Crippen LogP contribution in [0.2, 0.25) is 0 Å². The Hall–Kier alpha value is 2.71. The van der Waals surface area contributed by atoms with Crippen molar-refractivity contribution >= 4 is 0 Å². The Morgan fingerprint density at radius 3 is 1.00 bits per heavy atom. The minimum absolute atomic E-state index is 0. The van der Waals surface area contributed by atoms with E-state index in [1.165, 1.54) is 0 Å². The number of hydrogen-bond acceptors (Lipinski definition) is 0. The van der Waals surface area contributed by atoms with Crippen molar-refractivity contribution in [3.63, 3.8) is 0 Å². The molecule has 0 rings (SSSR count). The fourth-order valence-electron chi connectivity index (χ4n) is 0. The first-order chi connectivity index (χ1) is 0. The third-order valence-electron chi connectivity index (χ3n) is 0. The molecule has 0 unspecified atom stereocenters. The summed E-state index contributed by atoms with van der Waals surface area (Å²) in [6, 6.07) is 0. The maximum absolute atomic E-state index is 0. The molecular weight excluding hydrogens is 306 g/mol. The van der Waals surface area contributed by atoms with Crippen LogP contribution in [0.3, 0.4) is 0 Å². The zero-order chi connectivity index (χ0) is 0. The van der Waals surface area contributed by atoms with Gasteiger partial charge < -0.3 is 5.48 Å². The van der Waals surface area contributed by atoms with Crippen LogP contribution in [0.25, 0.3) is 0 Å². The van der Waals surface area contributed by atoms with E-state index in [0.29, 0.717) is 0 Å². The van der Waals surface area contributed by atoms with E-state index in [1.807, 2.05) is 0 Å². The van der Waals surface area contributed by atoms with Crippen LogP contribution in [0, 0.1) is 41.7 Å². The average Bonchev–Trinajstić information content (AvgIpc) is 0. The van der Waals surface area contributed by atoms with Crippen LogP contribution in [-0.2, 0) is 48.2 Å². The molecule has 0 saturated carbocycles. The van der Waals surface area contributed by atoms with Crippen LogP contribution in [-0.4, -0.2) is 0 Å². The first-order valence-electron chi connectivity index (χ1n) is 0. The Morgan fingerprint density at radius 2 is 1.00 bits per heavy atom. The predicted octanol–water partition coefficient (Wildman–Crippen LogP) is -0.124. The van der Waals surface area contributed by atoms with Crippen LogP contribution in [0.5, 0.6) is 0 Å². The van der Waals surface area contributed by atoms with E-state index < -0.39 is 0 Å². The van der Waals surface area contributed by atoms with Gasteiger partial charge in [-0.2, -0.15) is 0 Å². The Labute approximate surface area is 88.0 Å². The average molecular weight is 306 g/mol. The molecule has 17 valence electrons. The summed E-state index contributed by atoms with van der Waals surface area (Å²) in [7, 11) is 0. The van der Waals surface area contributed by atoms with Gasteiger partial charge in [-0.3, -0.25) is 0 Å². The Kier molecular flexibility index (Phi) is 128. The Morgan fingerprint density at radius 1 is 1.00 bits per heavy atom. The summed E-state index contributed by atoms with van der Waals surface area (Å²) >= 11 is 0. The van der Waals surface area contributed by atoms with Gasteiger partial charge >= 0.3 is 84.4 Å². The van der Waals surface area contributed by atoms with Gasteiger partial charge in [-0.25, -0.2) is 0 Å². The molecule has 1 nitrogen and oxygen atoms in total. The summed E-state index contributed by atoms with van der Waals surface area (Å²) in [5.41, 5.74) is 0. The van der Waals surface area contributed by atoms with Crippen molar-refractivity contribution in [1.82, 2.24) is 0 Å². The van der Waals surface area contributed by atoms with E-state index in [9.17, 15) is 0 Å². The van der Waals surface area contributed by atoms with Gasteiger partial charge in [0.15, 0.2) is 0 Å². The van der Waals surface area contributed by atoms with Crippen LogP contribution < -0.4 is 0 Å². The third kappa shape index (κ3) is 8.83. The minimum Gasteiger partial charge on any atom is -2.00 e. The Balaban J connectivity index is 0. The molecule has 0 amide bonds. The molecule has 1 radical (unpaired) electrons. The van der Waals surface area contributed by atoms with E-state index in [0.717, 1.165) is 0 Å². The molecule has 0 aliphatic heterocycles. The van der Waals surface area contributed by atoms with Crippen molar-refractivity contribution < 1.29 is 89.9 Å². The van der Waals surface area contributed by atoms with Gasteiger partial charge in [0, 0.05) is 0 Å². The summed E-state index contributed by atoms with van der Waals surface area (Å²) in [4.78, 5) is 0. The van der Waals surface area contributed by atoms with E-state index in [4.69, 9.17) is 0 Å². The molecule has 0 saturated heterocycles. The molecule has 0 aromatic carbocycles. The van der Waals surface area contributed by atoms with Crippen LogP contribution in [0.1, 0.15) is 0 Å². The second-order valence-electron chi connectivity index (χ2n) is 0. The van der Waals surface area contributed by atoms with Gasteiger partial charge in [-0.15, -0.1) is 0 Å². The van der Waals surface area contributed by atoms with Crippen molar-refractivity contribution in [2.75, 3.05) is 0 Å². The minimum atomic E-state index is 0. The fourth-order valence-corrected chi connectivity index (χ4v) is 0. The predicted molar refractivity (Wildman–Crippen MR) is 0.686 cm³/mol. The summed E-state index contributed by atoms with van der Waals surface area (Å²) in [6.45, 7) is 0. The second kappa shape index (κ2) is 17.2. The molecule has 0 N–H and O–H groups in total. The van der Waals surface area contributed by atoms with Gasteiger partial charge in [-0.1, -0.05) is 0 Å².